The number of nitrogens with one attached hydrogen (secondary N) is 2. The molecule has 0 saturated heterocycles. The van der Waals surface area contributed by atoms with Crippen molar-refractivity contribution >= 4 is 6.08 Å². The lowest BCUT2D eigenvalue weighted by atomic mass is 10.1. The number of rotatable bonds is 5. The van der Waals surface area contributed by atoms with E-state index >= 15 is 0 Å². The van der Waals surface area contributed by atoms with Crippen molar-refractivity contribution < 1.29 is 0 Å². The van der Waals surface area contributed by atoms with Gasteiger partial charge in [-0.25, -0.2) is 0 Å². The standard InChI is InChI=1S/C15H19N3/c1-12(8-14-6-4-3-5-7-14)9-16-13(2)15-10-17-18-11-15/h3-8,10-11,13,16H,9H2,1-2H3,(H,17,18)/b12-8+/t13-/m0/s1. The second-order valence-electron chi connectivity index (χ2n) is 4.54. The quantitative estimate of drug-likeness (QED) is 0.844. The minimum Gasteiger partial charge on any atom is -0.306 e. The summed E-state index contributed by atoms with van der Waals surface area (Å²) >= 11 is 0. The third kappa shape index (κ3) is 3.57. The molecule has 0 fully saturated rings. The second kappa shape index (κ2) is 6.17. The molecule has 0 aliphatic rings. The summed E-state index contributed by atoms with van der Waals surface area (Å²) in [6.45, 7) is 5.16. The summed E-state index contributed by atoms with van der Waals surface area (Å²) in [5.41, 5.74) is 3.74. The van der Waals surface area contributed by atoms with Gasteiger partial charge in [-0.15, -0.1) is 0 Å². The maximum Gasteiger partial charge on any atom is 0.0534 e. The maximum atomic E-state index is 3.96. The number of nitrogens with zero attached hydrogens (tertiary/aromatic N) is 1. The van der Waals surface area contributed by atoms with Gasteiger partial charge in [0, 0.05) is 24.3 Å². The Labute approximate surface area is 108 Å². The molecule has 94 valence electrons. The molecule has 1 atom stereocenters. The van der Waals surface area contributed by atoms with Gasteiger partial charge >= 0.3 is 0 Å². The molecular weight excluding hydrogens is 222 g/mol. The summed E-state index contributed by atoms with van der Waals surface area (Å²) in [7, 11) is 0. The molecule has 0 amide bonds. The van der Waals surface area contributed by atoms with Crippen LogP contribution in [0, 0.1) is 0 Å². The van der Waals surface area contributed by atoms with Gasteiger partial charge in [-0.3, -0.25) is 5.10 Å². The van der Waals surface area contributed by atoms with Crippen molar-refractivity contribution in [2.45, 2.75) is 19.9 Å². The normalized spacial score (nSPS) is 13.6. The molecule has 2 rings (SSSR count). The van der Waals surface area contributed by atoms with Gasteiger partial charge in [-0.05, 0) is 19.4 Å². The molecule has 1 heterocycles. The van der Waals surface area contributed by atoms with Crippen LogP contribution in [0.15, 0.2) is 48.3 Å². The van der Waals surface area contributed by atoms with Crippen LogP contribution in [-0.4, -0.2) is 16.7 Å². The Morgan fingerprint density at radius 1 is 1.39 bits per heavy atom. The minimum atomic E-state index is 0.308. The molecule has 1 aromatic heterocycles. The zero-order valence-electron chi connectivity index (χ0n) is 10.9. The molecule has 0 aliphatic heterocycles. The highest BCUT2D eigenvalue weighted by molar-refractivity contribution is 5.52. The highest BCUT2D eigenvalue weighted by Crippen LogP contribution is 2.10. The first kappa shape index (κ1) is 12.6. The monoisotopic (exact) mass is 241 g/mol. The van der Waals surface area contributed by atoms with E-state index in [4.69, 9.17) is 0 Å². The van der Waals surface area contributed by atoms with Crippen molar-refractivity contribution in [2.24, 2.45) is 0 Å². The molecule has 0 unspecified atom stereocenters. The molecule has 18 heavy (non-hydrogen) atoms. The van der Waals surface area contributed by atoms with E-state index in [2.05, 4.69) is 59.7 Å². The summed E-state index contributed by atoms with van der Waals surface area (Å²) in [6, 6.07) is 10.7. The van der Waals surface area contributed by atoms with E-state index in [0.29, 0.717) is 6.04 Å². The van der Waals surface area contributed by atoms with Crippen molar-refractivity contribution in [3.8, 4) is 0 Å². The summed E-state index contributed by atoms with van der Waals surface area (Å²) in [5, 5.41) is 10.3. The highest BCUT2D eigenvalue weighted by Gasteiger charge is 2.04. The molecule has 1 aromatic carbocycles. The lowest BCUT2D eigenvalue weighted by molar-refractivity contribution is 0.608. The van der Waals surface area contributed by atoms with Gasteiger partial charge < -0.3 is 5.32 Å². The van der Waals surface area contributed by atoms with Crippen LogP contribution in [0.5, 0.6) is 0 Å². The summed E-state index contributed by atoms with van der Waals surface area (Å²) in [4.78, 5) is 0. The number of H-pyrrole nitrogens is 1. The fraction of sp³-hybridized carbons (Fsp3) is 0.267. The number of aromatic amines is 1. The van der Waals surface area contributed by atoms with Gasteiger partial charge in [0.25, 0.3) is 0 Å². The Morgan fingerprint density at radius 3 is 2.83 bits per heavy atom. The molecule has 3 heteroatoms. The Kier molecular flexibility index (Phi) is 4.31. The zero-order valence-corrected chi connectivity index (χ0v) is 10.9. The Balaban J connectivity index is 1.89. The lowest BCUT2D eigenvalue weighted by Crippen LogP contribution is -2.20. The van der Waals surface area contributed by atoms with Crippen LogP contribution in [0.3, 0.4) is 0 Å². The van der Waals surface area contributed by atoms with Gasteiger partial charge in [0.15, 0.2) is 0 Å². The first-order chi connectivity index (χ1) is 8.75. The van der Waals surface area contributed by atoms with Crippen LogP contribution in [0.4, 0.5) is 0 Å². The van der Waals surface area contributed by atoms with Crippen LogP contribution >= 0.6 is 0 Å². The number of benzene rings is 1. The third-order valence-corrected chi connectivity index (χ3v) is 2.92. The summed E-state index contributed by atoms with van der Waals surface area (Å²) in [5.74, 6) is 0. The zero-order chi connectivity index (χ0) is 12.8. The highest BCUT2D eigenvalue weighted by atomic mass is 15.1. The van der Waals surface area contributed by atoms with Crippen LogP contribution < -0.4 is 5.32 Å². The maximum absolute atomic E-state index is 3.96. The van der Waals surface area contributed by atoms with Crippen molar-refractivity contribution in [2.75, 3.05) is 6.54 Å². The molecule has 2 aromatic rings. The molecule has 0 saturated carbocycles. The van der Waals surface area contributed by atoms with E-state index in [1.807, 2.05) is 18.5 Å². The van der Waals surface area contributed by atoms with Crippen molar-refractivity contribution in [1.82, 2.24) is 15.5 Å². The topological polar surface area (TPSA) is 40.7 Å². The van der Waals surface area contributed by atoms with E-state index in [-0.39, 0.29) is 0 Å². The van der Waals surface area contributed by atoms with Crippen LogP contribution in [0.25, 0.3) is 6.08 Å². The first-order valence-corrected chi connectivity index (χ1v) is 6.20. The second-order valence-corrected chi connectivity index (χ2v) is 4.54. The van der Waals surface area contributed by atoms with Crippen molar-refractivity contribution in [1.29, 1.82) is 0 Å². The minimum absolute atomic E-state index is 0.308. The molecule has 0 aliphatic carbocycles. The van der Waals surface area contributed by atoms with E-state index < -0.39 is 0 Å². The number of hydrogen-bond donors (Lipinski definition) is 2. The van der Waals surface area contributed by atoms with Crippen molar-refractivity contribution in [3.63, 3.8) is 0 Å². The SMILES string of the molecule is C/C(=C\c1ccccc1)CN[C@@H](C)c1cn[nH]c1. The fourth-order valence-corrected chi connectivity index (χ4v) is 1.81. The average molecular weight is 241 g/mol. The smallest absolute Gasteiger partial charge is 0.0534 e. The predicted molar refractivity (Wildman–Crippen MR) is 75.1 cm³/mol. The average Bonchev–Trinajstić information content (AvgIpc) is 2.91. The fourth-order valence-electron chi connectivity index (χ4n) is 1.81. The lowest BCUT2D eigenvalue weighted by Gasteiger charge is -2.12. The molecule has 0 spiro atoms. The molecule has 3 nitrogen and oxygen atoms in total. The van der Waals surface area contributed by atoms with Crippen LogP contribution in [0.2, 0.25) is 0 Å². The summed E-state index contributed by atoms with van der Waals surface area (Å²) in [6.07, 6.45) is 5.98. The largest absolute Gasteiger partial charge is 0.306 e. The first-order valence-electron chi connectivity index (χ1n) is 6.20. The Hall–Kier alpha value is -1.87. The number of aromatic nitrogens is 2. The van der Waals surface area contributed by atoms with Gasteiger partial charge in [0.2, 0.25) is 0 Å². The molecule has 0 bridgehead atoms. The van der Waals surface area contributed by atoms with E-state index in [1.54, 1.807) is 0 Å². The van der Waals surface area contributed by atoms with Crippen LogP contribution in [0.1, 0.15) is 31.0 Å². The molecular formula is C15H19N3. The van der Waals surface area contributed by atoms with Crippen molar-refractivity contribution in [3.05, 3.63) is 59.4 Å². The Bertz CT molecular complexity index is 486. The predicted octanol–water partition coefficient (Wildman–Crippen LogP) is 3.16. The summed E-state index contributed by atoms with van der Waals surface area (Å²) < 4.78 is 0. The third-order valence-electron chi connectivity index (χ3n) is 2.92. The van der Waals surface area contributed by atoms with Gasteiger partial charge in [-0.2, -0.15) is 5.10 Å². The van der Waals surface area contributed by atoms with Gasteiger partial charge in [-0.1, -0.05) is 42.0 Å². The van der Waals surface area contributed by atoms with E-state index in [0.717, 1.165) is 6.54 Å². The van der Waals surface area contributed by atoms with Gasteiger partial charge in [0.05, 0.1) is 6.20 Å². The van der Waals surface area contributed by atoms with E-state index in [9.17, 15) is 0 Å². The molecule has 2 N–H and O–H groups in total. The molecule has 0 radical (unpaired) electrons. The van der Waals surface area contributed by atoms with Crippen LogP contribution in [-0.2, 0) is 0 Å². The van der Waals surface area contributed by atoms with Gasteiger partial charge in [0.1, 0.15) is 0 Å². The number of hydrogen-bond acceptors (Lipinski definition) is 2. The Morgan fingerprint density at radius 2 is 2.17 bits per heavy atom. The van der Waals surface area contributed by atoms with E-state index in [1.165, 1.54) is 16.7 Å².